The highest BCUT2D eigenvalue weighted by atomic mass is 16.8. The molecule has 8 aliphatic rings. The van der Waals surface area contributed by atoms with Crippen LogP contribution >= 0.6 is 0 Å². The number of carbonyl (C=O) groups is 1. The molecule has 0 bridgehead atoms. The monoisotopic (exact) mass is 925 g/mol. The fraction of sp³-hybridized carbons (Fsp3) is 0.939. The molecule has 16 nitrogen and oxygen atoms in total. The Bertz CT molecular complexity index is 1750. The van der Waals surface area contributed by atoms with E-state index in [2.05, 4.69) is 48.1 Å². The predicted octanol–water partition coefficient (Wildman–Crippen LogP) is 2.71. The van der Waals surface area contributed by atoms with Crippen molar-refractivity contribution in [2.75, 3.05) is 13.7 Å². The van der Waals surface area contributed by atoms with E-state index in [1.165, 1.54) is 26.5 Å². The number of fused-ring (bicyclic) bond motifs is 7. The summed E-state index contributed by atoms with van der Waals surface area (Å²) >= 11 is 0. The average Bonchev–Trinajstić information content (AvgIpc) is 3.67. The van der Waals surface area contributed by atoms with Crippen LogP contribution in [0, 0.1) is 56.7 Å². The molecular formula is C49H80O16. The largest absolute Gasteiger partial charge is 0.469 e. The molecule has 5 saturated carbocycles. The van der Waals surface area contributed by atoms with Gasteiger partial charge in [-0.25, -0.2) is 0 Å². The minimum atomic E-state index is -1.73. The third-order valence-corrected chi connectivity index (χ3v) is 19.9. The second-order valence-corrected chi connectivity index (χ2v) is 23.1. The standard InChI is InChI=1S/C49H80O16/c1-22(2)25-13-18-49(44(58)59-10)20-19-47(8)26(31(25)49)11-12-29-46(7)16-15-30(45(5,6)28(46)14-17-48(29,47)9)63-43-40(65-42-37(56)35(54)33(52)24(4)61-42)38(57)39(27(21-50)62-43)64-41-36(55)34(53)32(51)23(3)60-41/h23-43,50-57H,1,11-21H2,2-10H3/t23-,24-,25-,26+,27+,28-,29+,30-,31+,32-,33-,34+,35+,36+,37+,38-,39+,40+,41-,42-,43-,46-,47+,48+,49-/m0/s1. The quantitative estimate of drug-likeness (QED) is 0.0942. The summed E-state index contributed by atoms with van der Waals surface area (Å²) in [6.07, 6.45) is -13.0. The van der Waals surface area contributed by atoms with Crippen molar-refractivity contribution in [3.63, 3.8) is 0 Å². The first-order valence-corrected chi connectivity index (χ1v) is 24.5. The van der Waals surface area contributed by atoms with Gasteiger partial charge in [-0.1, -0.05) is 46.8 Å². The summed E-state index contributed by atoms with van der Waals surface area (Å²) in [6.45, 7) is 20.9. The number of allylic oxidation sites excluding steroid dienone is 1. The minimum Gasteiger partial charge on any atom is -0.469 e. The van der Waals surface area contributed by atoms with Gasteiger partial charge in [0.1, 0.15) is 61.0 Å². The summed E-state index contributed by atoms with van der Waals surface area (Å²) in [4.78, 5) is 13.7. The van der Waals surface area contributed by atoms with Crippen molar-refractivity contribution in [2.24, 2.45) is 56.7 Å². The fourth-order valence-corrected chi connectivity index (χ4v) is 16.1. The van der Waals surface area contributed by atoms with E-state index in [-0.39, 0.29) is 34.1 Å². The van der Waals surface area contributed by atoms with Gasteiger partial charge in [0.05, 0.1) is 37.4 Å². The van der Waals surface area contributed by atoms with Crippen LogP contribution in [0.5, 0.6) is 0 Å². The molecule has 372 valence electrons. The number of rotatable bonds is 9. The lowest BCUT2D eigenvalue weighted by Gasteiger charge is -2.73. The molecule has 0 aromatic rings. The maximum Gasteiger partial charge on any atom is 0.312 e. The zero-order chi connectivity index (χ0) is 47.5. The molecule has 0 radical (unpaired) electrons. The van der Waals surface area contributed by atoms with Gasteiger partial charge >= 0.3 is 5.97 Å². The van der Waals surface area contributed by atoms with Gasteiger partial charge in [0.2, 0.25) is 0 Å². The number of methoxy groups -OCH3 is 1. The molecule has 0 aromatic heterocycles. The van der Waals surface area contributed by atoms with Crippen molar-refractivity contribution in [1.29, 1.82) is 0 Å². The second-order valence-electron chi connectivity index (χ2n) is 23.1. The number of hydrogen-bond donors (Lipinski definition) is 8. The molecule has 25 atom stereocenters. The van der Waals surface area contributed by atoms with Crippen LogP contribution < -0.4 is 0 Å². The van der Waals surface area contributed by atoms with Gasteiger partial charge in [-0.05, 0) is 136 Å². The molecule has 8 rings (SSSR count). The molecule has 0 aromatic carbocycles. The Morgan fingerprint density at radius 2 is 1.23 bits per heavy atom. The van der Waals surface area contributed by atoms with Gasteiger partial charge < -0.3 is 74.0 Å². The number of esters is 1. The summed E-state index contributed by atoms with van der Waals surface area (Å²) < 4.78 is 42.8. The molecule has 3 saturated heterocycles. The predicted molar refractivity (Wildman–Crippen MR) is 232 cm³/mol. The van der Waals surface area contributed by atoms with Crippen LogP contribution in [0.4, 0.5) is 0 Å². The Balaban J connectivity index is 1.05. The van der Waals surface area contributed by atoms with Crippen molar-refractivity contribution in [2.45, 2.75) is 218 Å². The molecule has 8 N–H and O–H groups in total. The topological polar surface area (TPSA) is 244 Å². The summed E-state index contributed by atoms with van der Waals surface area (Å²) in [7, 11) is 1.54. The van der Waals surface area contributed by atoms with E-state index in [4.69, 9.17) is 33.2 Å². The number of aliphatic hydroxyl groups excluding tert-OH is 8. The lowest BCUT2D eigenvalue weighted by molar-refractivity contribution is -0.393. The van der Waals surface area contributed by atoms with E-state index >= 15 is 0 Å². The highest BCUT2D eigenvalue weighted by Gasteiger charge is 2.72. The molecule has 65 heavy (non-hydrogen) atoms. The van der Waals surface area contributed by atoms with E-state index in [1.807, 2.05) is 0 Å². The van der Waals surface area contributed by atoms with Crippen LogP contribution in [0.2, 0.25) is 0 Å². The van der Waals surface area contributed by atoms with E-state index in [0.29, 0.717) is 24.2 Å². The zero-order valence-electron chi connectivity index (χ0n) is 40.0. The Morgan fingerprint density at radius 1 is 0.631 bits per heavy atom. The Labute approximate surface area is 384 Å². The molecular weight excluding hydrogens is 845 g/mol. The molecule has 0 unspecified atom stereocenters. The van der Waals surface area contributed by atoms with Crippen LogP contribution in [-0.2, 0) is 38.0 Å². The Morgan fingerprint density at radius 3 is 1.80 bits per heavy atom. The normalized spacial score (nSPS) is 55.2. The van der Waals surface area contributed by atoms with Crippen molar-refractivity contribution in [3.8, 4) is 0 Å². The third-order valence-electron chi connectivity index (χ3n) is 19.9. The minimum absolute atomic E-state index is 0.0116. The maximum absolute atomic E-state index is 13.7. The van der Waals surface area contributed by atoms with E-state index in [1.54, 1.807) is 0 Å². The Hall–Kier alpha value is -1.35. The SMILES string of the molecule is C=C(C)[C@@H]1CC[C@]2(C(=O)OC)CC[C@]3(C)[C@H](CC[C@@H]4[C@@]5(C)CC[C@H](O[C@@H]6O[C@H](CO)[C@@H](O[C@@H]7O[C@@H](C)[C@H](O)[C@@H](O)[C@H]7O)[C@H](O)[C@H]6O[C@@H]6O[C@@H](C)[C@H](O)[C@@H](O)[C@H]6O)C(C)(C)[C@@H]5CC[C@]43C)[C@@H]12. The first-order valence-electron chi connectivity index (χ1n) is 24.5. The summed E-state index contributed by atoms with van der Waals surface area (Å²) in [5, 5.41) is 86.7. The van der Waals surface area contributed by atoms with Crippen molar-refractivity contribution < 1.29 is 78.8 Å². The van der Waals surface area contributed by atoms with E-state index < -0.39 is 116 Å². The summed E-state index contributed by atoms with van der Waals surface area (Å²) in [5.41, 5.74) is 0.258. The lowest BCUT2D eigenvalue weighted by Crippen LogP contribution is -2.68. The summed E-state index contributed by atoms with van der Waals surface area (Å²) in [5.74, 6) is 1.48. The van der Waals surface area contributed by atoms with Crippen molar-refractivity contribution in [3.05, 3.63) is 12.2 Å². The number of hydrogen-bond acceptors (Lipinski definition) is 16. The van der Waals surface area contributed by atoms with Gasteiger partial charge in [0.15, 0.2) is 18.9 Å². The van der Waals surface area contributed by atoms with Gasteiger partial charge in [0.25, 0.3) is 0 Å². The zero-order valence-corrected chi connectivity index (χ0v) is 40.0. The molecule has 0 spiro atoms. The van der Waals surface area contributed by atoms with Gasteiger partial charge in [0, 0.05) is 0 Å². The van der Waals surface area contributed by atoms with E-state index in [9.17, 15) is 45.6 Å². The van der Waals surface area contributed by atoms with Gasteiger partial charge in [-0.3, -0.25) is 4.79 Å². The first-order chi connectivity index (χ1) is 30.4. The number of carbonyl (C=O) groups excluding carboxylic acids is 1. The molecule has 5 aliphatic carbocycles. The highest BCUT2D eigenvalue weighted by molar-refractivity contribution is 5.78. The first kappa shape index (κ1) is 50.1. The van der Waals surface area contributed by atoms with Crippen LogP contribution in [0.15, 0.2) is 12.2 Å². The maximum atomic E-state index is 13.7. The third kappa shape index (κ3) is 7.64. The smallest absolute Gasteiger partial charge is 0.312 e. The summed E-state index contributed by atoms with van der Waals surface area (Å²) in [6, 6.07) is 0. The lowest BCUT2D eigenvalue weighted by atomic mass is 9.32. The molecule has 16 heteroatoms. The van der Waals surface area contributed by atoms with Crippen LogP contribution in [0.1, 0.15) is 120 Å². The molecule has 8 fully saturated rings. The molecule has 3 heterocycles. The van der Waals surface area contributed by atoms with Crippen molar-refractivity contribution in [1.82, 2.24) is 0 Å². The average molecular weight is 925 g/mol. The van der Waals surface area contributed by atoms with Crippen LogP contribution in [-0.4, -0.2) is 159 Å². The fourth-order valence-electron chi connectivity index (χ4n) is 16.1. The van der Waals surface area contributed by atoms with Gasteiger partial charge in [-0.2, -0.15) is 0 Å². The molecule has 0 amide bonds. The van der Waals surface area contributed by atoms with Crippen LogP contribution in [0.25, 0.3) is 0 Å². The second kappa shape index (κ2) is 17.8. The van der Waals surface area contributed by atoms with Crippen LogP contribution in [0.3, 0.4) is 0 Å². The molecule has 3 aliphatic heterocycles. The number of ether oxygens (including phenoxy) is 7. The number of aliphatic hydroxyl groups is 8. The van der Waals surface area contributed by atoms with E-state index in [0.717, 1.165) is 57.8 Å². The Kier molecular flexibility index (Phi) is 13.7. The highest BCUT2D eigenvalue weighted by Crippen LogP contribution is 2.77. The van der Waals surface area contributed by atoms with Gasteiger partial charge in [-0.15, -0.1) is 0 Å². The van der Waals surface area contributed by atoms with Crippen molar-refractivity contribution >= 4 is 5.97 Å².